The van der Waals surface area contributed by atoms with E-state index in [4.69, 9.17) is 14.9 Å². The maximum absolute atomic E-state index is 10.8. The van der Waals surface area contributed by atoms with Gasteiger partial charge in [-0.25, -0.2) is 9.78 Å². The number of aliphatic hydroxyl groups is 1. The molecule has 15 heavy (non-hydrogen) atoms. The third-order valence-electron chi connectivity index (χ3n) is 1.59. The first-order valence-electron chi connectivity index (χ1n) is 4.06. The van der Waals surface area contributed by atoms with Gasteiger partial charge in [0, 0.05) is 11.8 Å². The van der Waals surface area contributed by atoms with Crippen LogP contribution in [0, 0.1) is 11.8 Å². The summed E-state index contributed by atoms with van der Waals surface area (Å²) in [4.78, 5) is 14.6. The number of carboxylic acid groups (broad SMARTS) is 1. The van der Waals surface area contributed by atoms with E-state index in [1.54, 1.807) is 0 Å². The minimum atomic E-state index is -1.13. The van der Waals surface area contributed by atoms with Gasteiger partial charge in [0.2, 0.25) is 5.88 Å². The van der Waals surface area contributed by atoms with Gasteiger partial charge >= 0.3 is 5.97 Å². The molecule has 0 saturated carbocycles. The van der Waals surface area contributed by atoms with Gasteiger partial charge in [0.25, 0.3) is 0 Å². The van der Waals surface area contributed by atoms with Gasteiger partial charge in [-0.3, -0.25) is 0 Å². The highest BCUT2D eigenvalue weighted by Crippen LogP contribution is 2.15. The number of aromatic carboxylic acids is 1. The van der Waals surface area contributed by atoms with Crippen LogP contribution in [0.5, 0.6) is 5.88 Å². The van der Waals surface area contributed by atoms with E-state index in [1.165, 1.54) is 19.4 Å². The molecule has 5 heteroatoms. The molecule has 0 saturated heterocycles. The second-order valence-corrected chi connectivity index (χ2v) is 2.55. The number of nitrogens with zero attached hydrogens (tertiary/aromatic N) is 1. The van der Waals surface area contributed by atoms with E-state index in [-0.39, 0.29) is 18.1 Å². The Morgan fingerprint density at radius 3 is 2.93 bits per heavy atom. The number of hydrogen-bond acceptors (Lipinski definition) is 4. The zero-order valence-electron chi connectivity index (χ0n) is 8.02. The summed E-state index contributed by atoms with van der Waals surface area (Å²) in [6.45, 7) is -0.283. The van der Waals surface area contributed by atoms with Crippen LogP contribution in [0.2, 0.25) is 0 Å². The Bertz CT molecular complexity index is 431. The SMILES string of the molecule is COc1ncc(C#CCO)cc1C(=O)O. The first-order chi connectivity index (χ1) is 7.19. The van der Waals surface area contributed by atoms with Crippen molar-refractivity contribution in [2.45, 2.75) is 0 Å². The van der Waals surface area contributed by atoms with Crippen LogP contribution in [0.1, 0.15) is 15.9 Å². The highest BCUT2D eigenvalue weighted by Gasteiger charge is 2.12. The van der Waals surface area contributed by atoms with Crippen molar-refractivity contribution in [2.75, 3.05) is 13.7 Å². The number of aliphatic hydroxyl groups excluding tert-OH is 1. The van der Waals surface area contributed by atoms with Gasteiger partial charge in [-0.2, -0.15) is 0 Å². The largest absolute Gasteiger partial charge is 0.480 e. The van der Waals surface area contributed by atoms with E-state index in [0.717, 1.165) is 0 Å². The molecule has 0 unspecified atom stereocenters. The molecule has 0 bridgehead atoms. The summed E-state index contributed by atoms with van der Waals surface area (Å²) in [5, 5.41) is 17.3. The molecule has 0 atom stereocenters. The normalized spacial score (nSPS) is 8.93. The third kappa shape index (κ3) is 2.69. The van der Waals surface area contributed by atoms with Crippen LogP contribution in [0.4, 0.5) is 0 Å². The molecule has 0 spiro atoms. The van der Waals surface area contributed by atoms with Gasteiger partial charge in [0.05, 0.1) is 7.11 Å². The summed E-state index contributed by atoms with van der Waals surface area (Å²) >= 11 is 0. The number of carboxylic acids is 1. The van der Waals surface area contributed by atoms with Crippen molar-refractivity contribution in [2.24, 2.45) is 0 Å². The van der Waals surface area contributed by atoms with Gasteiger partial charge in [-0.05, 0) is 6.07 Å². The summed E-state index contributed by atoms with van der Waals surface area (Å²) in [6.07, 6.45) is 1.38. The van der Waals surface area contributed by atoms with E-state index < -0.39 is 5.97 Å². The number of ether oxygens (including phenoxy) is 1. The van der Waals surface area contributed by atoms with Crippen molar-refractivity contribution in [3.05, 3.63) is 23.4 Å². The minimum Gasteiger partial charge on any atom is -0.480 e. The Labute approximate surface area is 86.3 Å². The van der Waals surface area contributed by atoms with Crippen LogP contribution >= 0.6 is 0 Å². The van der Waals surface area contributed by atoms with Crippen molar-refractivity contribution in [3.8, 4) is 17.7 Å². The third-order valence-corrected chi connectivity index (χ3v) is 1.59. The van der Waals surface area contributed by atoms with Crippen molar-refractivity contribution in [3.63, 3.8) is 0 Å². The summed E-state index contributed by atoms with van der Waals surface area (Å²) in [5.41, 5.74) is 0.365. The molecule has 0 aliphatic heterocycles. The second-order valence-electron chi connectivity index (χ2n) is 2.55. The molecule has 0 aliphatic carbocycles. The quantitative estimate of drug-likeness (QED) is 0.674. The number of carbonyl (C=O) groups is 1. The summed E-state index contributed by atoms with van der Waals surface area (Å²) in [5.74, 6) is 3.87. The number of pyridine rings is 1. The predicted octanol–water partition coefficient (Wildman–Crippen LogP) is 0.132. The summed E-state index contributed by atoms with van der Waals surface area (Å²) < 4.78 is 4.78. The van der Waals surface area contributed by atoms with Gasteiger partial charge in [0.1, 0.15) is 12.2 Å². The lowest BCUT2D eigenvalue weighted by Crippen LogP contribution is -2.02. The lowest BCUT2D eigenvalue weighted by atomic mass is 10.2. The number of methoxy groups -OCH3 is 1. The number of rotatable bonds is 2. The monoisotopic (exact) mass is 207 g/mol. The molecule has 0 radical (unpaired) electrons. The lowest BCUT2D eigenvalue weighted by Gasteiger charge is -2.02. The number of aromatic nitrogens is 1. The van der Waals surface area contributed by atoms with E-state index in [0.29, 0.717) is 5.56 Å². The molecule has 0 aliphatic rings. The van der Waals surface area contributed by atoms with E-state index in [9.17, 15) is 4.79 Å². The van der Waals surface area contributed by atoms with Gasteiger partial charge < -0.3 is 14.9 Å². The van der Waals surface area contributed by atoms with Crippen molar-refractivity contribution < 1.29 is 19.7 Å². The average Bonchev–Trinajstić information content (AvgIpc) is 2.25. The fourth-order valence-electron chi connectivity index (χ4n) is 0.978. The fourth-order valence-corrected chi connectivity index (χ4v) is 0.978. The summed E-state index contributed by atoms with van der Waals surface area (Å²) in [6, 6.07) is 1.34. The van der Waals surface area contributed by atoms with E-state index in [1.807, 2.05) is 0 Å². The van der Waals surface area contributed by atoms with Crippen molar-refractivity contribution in [1.29, 1.82) is 0 Å². The van der Waals surface area contributed by atoms with Crippen LogP contribution in [-0.2, 0) is 0 Å². The molecule has 0 fully saturated rings. The van der Waals surface area contributed by atoms with Crippen molar-refractivity contribution in [1.82, 2.24) is 4.98 Å². The fraction of sp³-hybridized carbons (Fsp3) is 0.200. The van der Waals surface area contributed by atoms with Crippen LogP contribution in [-0.4, -0.2) is 34.9 Å². The molecule has 0 amide bonds. The second kappa shape index (κ2) is 4.98. The van der Waals surface area contributed by atoms with E-state index >= 15 is 0 Å². The molecule has 1 aromatic rings. The molecule has 0 aromatic carbocycles. The Kier molecular flexibility index (Phi) is 3.66. The maximum atomic E-state index is 10.8. The van der Waals surface area contributed by atoms with Crippen LogP contribution in [0.3, 0.4) is 0 Å². The minimum absolute atomic E-state index is 0.0389. The zero-order valence-corrected chi connectivity index (χ0v) is 8.02. The summed E-state index contributed by atoms with van der Waals surface area (Å²) in [7, 11) is 1.34. The van der Waals surface area contributed by atoms with Crippen LogP contribution in [0.15, 0.2) is 12.3 Å². The predicted molar refractivity (Wildman–Crippen MR) is 51.7 cm³/mol. The van der Waals surface area contributed by atoms with Crippen LogP contribution < -0.4 is 4.74 Å². The highest BCUT2D eigenvalue weighted by atomic mass is 16.5. The highest BCUT2D eigenvalue weighted by molar-refractivity contribution is 5.90. The Balaban J connectivity index is 3.16. The van der Waals surface area contributed by atoms with Gasteiger partial charge in [-0.1, -0.05) is 11.8 Å². The topological polar surface area (TPSA) is 79.7 Å². The molecule has 1 heterocycles. The molecule has 2 N–H and O–H groups in total. The molecule has 1 rings (SSSR count). The first kappa shape index (κ1) is 11.0. The Morgan fingerprint density at radius 2 is 2.40 bits per heavy atom. The standard InChI is InChI=1S/C10H9NO4/c1-15-9-8(10(13)14)5-7(6-11-9)3-2-4-12/h5-6,12H,4H2,1H3,(H,13,14). The number of hydrogen-bond donors (Lipinski definition) is 2. The first-order valence-corrected chi connectivity index (χ1v) is 4.06. The maximum Gasteiger partial charge on any atom is 0.341 e. The average molecular weight is 207 g/mol. The van der Waals surface area contributed by atoms with Gasteiger partial charge in [0.15, 0.2) is 0 Å². The van der Waals surface area contributed by atoms with Gasteiger partial charge in [-0.15, -0.1) is 0 Å². The molecule has 1 aromatic heterocycles. The molecular formula is C10H9NO4. The Hall–Kier alpha value is -2.06. The lowest BCUT2D eigenvalue weighted by molar-refractivity contribution is 0.0692. The van der Waals surface area contributed by atoms with Crippen molar-refractivity contribution >= 4 is 5.97 Å². The van der Waals surface area contributed by atoms with Crippen LogP contribution in [0.25, 0.3) is 0 Å². The molecule has 5 nitrogen and oxygen atoms in total. The smallest absolute Gasteiger partial charge is 0.341 e. The Morgan fingerprint density at radius 1 is 1.67 bits per heavy atom. The molecule has 78 valence electrons. The molecular weight excluding hydrogens is 198 g/mol. The zero-order chi connectivity index (χ0) is 11.3. The van der Waals surface area contributed by atoms with E-state index in [2.05, 4.69) is 16.8 Å².